The Balaban J connectivity index is 0.000000988. The fourth-order valence-electron chi connectivity index (χ4n) is 5.09. The van der Waals surface area contributed by atoms with Crippen molar-refractivity contribution in [3.63, 3.8) is 0 Å². The van der Waals surface area contributed by atoms with Crippen LogP contribution >= 0.6 is 0 Å². The summed E-state index contributed by atoms with van der Waals surface area (Å²) in [5, 5.41) is 6.17. The molecule has 0 bridgehead atoms. The molecule has 1 unspecified atom stereocenters. The molecule has 0 radical (unpaired) electrons. The molecule has 0 saturated carbocycles. The molecule has 0 aliphatic heterocycles. The Morgan fingerprint density at radius 1 is 0.889 bits per heavy atom. The Hall–Kier alpha value is -5.65. The highest BCUT2D eigenvalue weighted by molar-refractivity contribution is 5.92. The average Bonchev–Trinajstić information content (AvgIpc) is 3.56. The molecule has 3 aromatic carbocycles. The minimum absolute atomic E-state index is 0.151. The van der Waals surface area contributed by atoms with Gasteiger partial charge in [0.2, 0.25) is 17.7 Å². The number of benzene rings is 3. The summed E-state index contributed by atoms with van der Waals surface area (Å²) >= 11 is 0. The van der Waals surface area contributed by atoms with Crippen molar-refractivity contribution in [3.8, 4) is 5.75 Å². The highest BCUT2D eigenvalue weighted by Crippen LogP contribution is 2.20. The molecule has 0 spiro atoms. The third-order valence-corrected chi connectivity index (χ3v) is 7.65. The maximum atomic E-state index is 13.2. The maximum Gasteiger partial charge on any atom is 0.514 e. The van der Waals surface area contributed by atoms with E-state index in [9.17, 15) is 24.0 Å². The number of esters is 1. The number of aromatic amines is 1. The Labute approximate surface area is 318 Å². The van der Waals surface area contributed by atoms with Gasteiger partial charge in [0.1, 0.15) is 23.9 Å². The zero-order chi connectivity index (χ0) is 40.1. The number of aromatic nitrogens is 1. The second-order valence-electron chi connectivity index (χ2n) is 13.2. The van der Waals surface area contributed by atoms with E-state index in [4.69, 9.17) is 9.47 Å². The summed E-state index contributed by atoms with van der Waals surface area (Å²) in [5.41, 5.74) is 3.20. The van der Waals surface area contributed by atoms with Crippen LogP contribution in [0.1, 0.15) is 71.1 Å². The van der Waals surface area contributed by atoms with Gasteiger partial charge < -0.3 is 34.7 Å². The molecule has 0 aliphatic carbocycles. The number of para-hydroxylation sites is 1. The molecule has 3 amide bonds. The van der Waals surface area contributed by atoms with E-state index in [2.05, 4.69) is 39.4 Å². The predicted octanol–water partition coefficient (Wildman–Crippen LogP) is 6.69. The van der Waals surface area contributed by atoms with E-state index in [1.807, 2.05) is 63.2 Å². The number of carbonyl (C=O) groups excluding carboxylic acids is 5. The summed E-state index contributed by atoms with van der Waals surface area (Å²) in [7, 11) is 1.22. The van der Waals surface area contributed by atoms with E-state index in [0.717, 1.165) is 22.0 Å². The number of rotatable bonds is 14. The van der Waals surface area contributed by atoms with Crippen molar-refractivity contribution >= 4 is 40.7 Å². The van der Waals surface area contributed by atoms with Crippen LogP contribution in [0.4, 0.5) is 4.79 Å². The number of methoxy groups -OCH3 is 1. The summed E-state index contributed by atoms with van der Waals surface area (Å²) in [6.45, 7) is 13.0. The molecule has 1 atom stereocenters. The van der Waals surface area contributed by atoms with Gasteiger partial charge >= 0.3 is 12.1 Å². The van der Waals surface area contributed by atoms with Gasteiger partial charge in [-0.15, -0.1) is 0 Å². The molecule has 1 aromatic heterocycles. The minimum Gasteiger partial charge on any atom is -0.468 e. The van der Waals surface area contributed by atoms with Gasteiger partial charge in [-0.3, -0.25) is 19.2 Å². The molecule has 1 heterocycles. The summed E-state index contributed by atoms with van der Waals surface area (Å²) in [5.74, 6) is -1.57. The SMILES string of the molecule is CC.CCCN(CC(=O)NC(Cc1c[nH]c2ccccc12)C(=O)NCC(=O)OC)C(=O)CCc1ccc(OC(=O)OC(C)(C)C)cc1.Cc1ccccc1. The third kappa shape index (κ3) is 16.4. The number of carbonyl (C=O) groups is 5. The number of aryl methyl sites for hydroxylation is 2. The first-order valence-electron chi connectivity index (χ1n) is 18.3. The lowest BCUT2D eigenvalue weighted by Gasteiger charge is -2.24. The van der Waals surface area contributed by atoms with E-state index in [0.29, 0.717) is 25.1 Å². The van der Waals surface area contributed by atoms with Gasteiger partial charge in [-0.05, 0) is 69.9 Å². The van der Waals surface area contributed by atoms with Crippen molar-refractivity contribution < 1.29 is 38.2 Å². The quantitative estimate of drug-likeness (QED) is 0.0953. The van der Waals surface area contributed by atoms with E-state index in [-0.39, 0.29) is 31.8 Å². The number of ether oxygens (including phenoxy) is 3. The van der Waals surface area contributed by atoms with Crippen LogP contribution in [0.25, 0.3) is 10.9 Å². The van der Waals surface area contributed by atoms with Crippen molar-refractivity contribution in [3.05, 3.63) is 102 Å². The Morgan fingerprint density at radius 2 is 1.54 bits per heavy atom. The van der Waals surface area contributed by atoms with Gasteiger partial charge in [-0.2, -0.15) is 0 Å². The fourth-order valence-corrected chi connectivity index (χ4v) is 5.09. The van der Waals surface area contributed by atoms with Crippen LogP contribution < -0.4 is 15.4 Å². The smallest absolute Gasteiger partial charge is 0.468 e. The number of H-pyrrole nitrogens is 1. The summed E-state index contributed by atoms with van der Waals surface area (Å²) in [6.07, 6.45) is 2.33. The van der Waals surface area contributed by atoms with Gasteiger partial charge in [0.25, 0.3) is 0 Å². The first kappa shape index (κ1) is 44.5. The number of amides is 3. The zero-order valence-electron chi connectivity index (χ0n) is 32.8. The van der Waals surface area contributed by atoms with Crippen molar-refractivity contribution in [2.45, 2.75) is 85.8 Å². The molecule has 0 fully saturated rings. The van der Waals surface area contributed by atoms with Crippen molar-refractivity contribution in [1.29, 1.82) is 0 Å². The minimum atomic E-state index is -0.999. The van der Waals surface area contributed by atoms with Crippen molar-refractivity contribution in [1.82, 2.24) is 20.5 Å². The van der Waals surface area contributed by atoms with Gasteiger partial charge in [0.15, 0.2) is 0 Å². The fraction of sp³-hybridized carbons (Fsp3) is 0.405. The molecule has 0 saturated heterocycles. The summed E-state index contributed by atoms with van der Waals surface area (Å²) < 4.78 is 14.9. The van der Waals surface area contributed by atoms with Crippen molar-refractivity contribution in [2.24, 2.45) is 0 Å². The molecule has 4 rings (SSSR count). The lowest BCUT2D eigenvalue weighted by molar-refractivity contribution is -0.141. The molecule has 3 N–H and O–H groups in total. The third-order valence-electron chi connectivity index (χ3n) is 7.65. The highest BCUT2D eigenvalue weighted by Gasteiger charge is 2.25. The van der Waals surface area contributed by atoms with E-state index < -0.39 is 35.6 Å². The number of nitrogens with one attached hydrogen (secondary N) is 3. The summed E-state index contributed by atoms with van der Waals surface area (Å²) in [4.78, 5) is 67.5. The van der Waals surface area contributed by atoms with Gasteiger partial charge in [-0.25, -0.2) is 4.79 Å². The largest absolute Gasteiger partial charge is 0.514 e. The molecule has 4 aromatic rings. The van der Waals surface area contributed by atoms with Crippen LogP contribution in [0, 0.1) is 6.92 Å². The lowest BCUT2D eigenvalue weighted by Crippen LogP contribution is -2.52. The van der Waals surface area contributed by atoms with Gasteiger partial charge in [0.05, 0.1) is 13.7 Å². The van der Waals surface area contributed by atoms with E-state index >= 15 is 0 Å². The molecule has 54 heavy (non-hydrogen) atoms. The topological polar surface area (TPSA) is 156 Å². The van der Waals surface area contributed by atoms with Crippen LogP contribution in [-0.2, 0) is 41.5 Å². The zero-order valence-corrected chi connectivity index (χ0v) is 32.8. The molecule has 12 nitrogen and oxygen atoms in total. The molecule has 292 valence electrons. The Kier molecular flexibility index (Phi) is 19.0. The molecular formula is C42H56N4O8. The second kappa shape index (κ2) is 23.1. The monoisotopic (exact) mass is 744 g/mol. The first-order chi connectivity index (χ1) is 25.8. The Bertz CT molecular complexity index is 1760. The average molecular weight is 745 g/mol. The first-order valence-corrected chi connectivity index (χ1v) is 18.3. The van der Waals surface area contributed by atoms with Crippen LogP contribution in [0.5, 0.6) is 5.75 Å². The number of fused-ring (bicyclic) bond motifs is 1. The second-order valence-corrected chi connectivity index (χ2v) is 13.2. The van der Waals surface area contributed by atoms with Crippen LogP contribution in [0.2, 0.25) is 0 Å². The number of hydrogen-bond donors (Lipinski definition) is 3. The number of nitrogens with zero attached hydrogens (tertiary/aromatic N) is 1. The predicted molar refractivity (Wildman–Crippen MR) is 210 cm³/mol. The molecule has 0 aliphatic rings. The Morgan fingerprint density at radius 3 is 2.13 bits per heavy atom. The van der Waals surface area contributed by atoms with E-state index in [1.54, 1.807) is 51.2 Å². The van der Waals surface area contributed by atoms with E-state index in [1.165, 1.54) is 17.6 Å². The lowest BCUT2D eigenvalue weighted by atomic mass is 10.0. The van der Waals surface area contributed by atoms with Crippen LogP contribution in [0.15, 0.2) is 85.1 Å². The molecular weight excluding hydrogens is 688 g/mol. The normalized spacial score (nSPS) is 11.0. The summed E-state index contributed by atoms with van der Waals surface area (Å²) in [6, 6.07) is 23.6. The standard InChI is InChI=1S/C33H42N4O8.C7H8.C2H6/c1-6-17-37(29(39)16-13-22-11-14-24(15-12-22)44-32(42)45-33(2,3)4)21-28(38)36-27(31(41)35-20-30(40)43-5)18-23-19-34-26-10-8-7-9-25(23)26;1-7-5-3-2-4-6-7;1-2/h7-12,14-15,19,27,34H,6,13,16-18,20-21H2,1-5H3,(H,35,41)(H,36,38);2-6H,1H3;1-2H3. The van der Waals surface area contributed by atoms with Gasteiger partial charge in [-0.1, -0.05) is 87.0 Å². The van der Waals surface area contributed by atoms with Gasteiger partial charge in [0, 0.05) is 36.5 Å². The highest BCUT2D eigenvalue weighted by atomic mass is 16.7. The van der Waals surface area contributed by atoms with Crippen LogP contribution in [-0.4, -0.2) is 78.1 Å². The van der Waals surface area contributed by atoms with Crippen molar-refractivity contribution in [2.75, 3.05) is 26.7 Å². The molecule has 12 heteroatoms. The van der Waals surface area contributed by atoms with Crippen LogP contribution in [0.3, 0.4) is 0 Å². The number of hydrogen-bond acceptors (Lipinski definition) is 8. The maximum absolute atomic E-state index is 13.2.